The Morgan fingerprint density at radius 2 is 1.57 bits per heavy atom. The predicted octanol–water partition coefficient (Wildman–Crippen LogP) is 4.61. The van der Waals surface area contributed by atoms with E-state index in [-0.39, 0.29) is 5.91 Å². The Bertz CT molecular complexity index is 1540. The predicted molar refractivity (Wildman–Crippen MR) is 147 cm³/mol. The van der Waals surface area contributed by atoms with E-state index in [0.29, 0.717) is 5.69 Å². The van der Waals surface area contributed by atoms with Crippen LogP contribution in [0.1, 0.15) is 10.5 Å². The number of amides is 1. The lowest BCUT2D eigenvalue weighted by Gasteiger charge is -2.36. The van der Waals surface area contributed by atoms with Crippen molar-refractivity contribution in [3.63, 3.8) is 0 Å². The molecule has 8 nitrogen and oxygen atoms in total. The van der Waals surface area contributed by atoms with Crippen LogP contribution in [0.15, 0.2) is 91.5 Å². The maximum absolute atomic E-state index is 12.5. The number of hydrogen-bond donors (Lipinski definition) is 1. The average Bonchev–Trinajstić information content (AvgIpc) is 3.39. The molecule has 0 radical (unpaired) electrons. The minimum absolute atomic E-state index is 0.129. The molecule has 37 heavy (non-hydrogen) atoms. The largest absolute Gasteiger partial charge is 0.368 e. The molecule has 0 atom stereocenters. The third kappa shape index (κ3) is 4.73. The van der Waals surface area contributed by atoms with Gasteiger partial charge in [-0.15, -0.1) is 0 Å². The van der Waals surface area contributed by atoms with Crippen LogP contribution in [0.25, 0.3) is 22.2 Å². The summed E-state index contributed by atoms with van der Waals surface area (Å²) < 4.78 is 1.80. The van der Waals surface area contributed by atoms with Gasteiger partial charge < -0.3 is 19.7 Å². The zero-order valence-corrected chi connectivity index (χ0v) is 20.6. The normalized spacial score (nSPS) is 13.6. The van der Waals surface area contributed by atoms with Crippen molar-refractivity contribution in [1.82, 2.24) is 19.5 Å². The first-order valence-corrected chi connectivity index (χ1v) is 12.3. The summed E-state index contributed by atoms with van der Waals surface area (Å²) >= 11 is 0. The lowest BCUT2D eigenvalue weighted by molar-refractivity contribution is 0.101. The standard InChI is InChI=1S/C29H27N7O/c1-34-14-2-3-27(34)29(37)32-23-7-4-21(5-8-23)22-6-9-25-26(19-22)33-28(20-31-25)36-17-15-35(16-18-36)24-10-12-30-13-11-24/h2-14,19-20H,15-18H2,1H3,(H,32,37). The van der Waals surface area contributed by atoms with Gasteiger partial charge in [-0.3, -0.25) is 14.8 Å². The number of anilines is 3. The Balaban J connectivity index is 1.17. The van der Waals surface area contributed by atoms with E-state index in [2.05, 4.69) is 49.4 Å². The highest BCUT2D eigenvalue weighted by Crippen LogP contribution is 2.26. The third-order valence-corrected chi connectivity index (χ3v) is 6.81. The minimum Gasteiger partial charge on any atom is -0.368 e. The average molecular weight is 490 g/mol. The van der Waals surface area contributed by atoms with Gasteiger partial charge in [0.25, 0.3) is 5.91 Å². The van der Waals surface area contributed by atoms with Crippen molar-refractivity contribution in [2.24, 2.45) is 7.05 Å². The highest BCUT2D eigenvalue weighted by atomic mass is 16.1. The SMILES string of the molecule is Cn1cccc1C(=O)Nc1ccc(-c2ccc3ncc(N4CCN(c5ccncc5)CC4)nc3c2)cc1. The van der Waals surface area contributed by atoms with Gasteiger partial charge in [0, 0.05) is 63.2 Å². The number of carbonyl (C=O) groups excluding carboxylic acids is 1. The van der Waals surface area contributed by atoms with E-state index in [0.717, 1.165) is 59.8 Å². The fraction of sp³-hybridized carbons (Fsp3) is 0.172. The highest BCUT2D eigenvalue weighted by molar-refractivity contribution is 6.03. The number of benzene rings is 2. The molecule has 0 aliphatic carbocycles. The van der Waals surface area contributed by atoms with Crippen LogP contribution in [0.5, 0.6) is 0 Å². The Morgan fingerprint density at radius 3 is 2.30 bits per heavy atom. The van der Waals surface area contributed by atoms with Crippen LogP contribution in [0.4, 0.5) is 17.2 Å². The van der Waals surface area contributed by atoms with E-state index >= 15 is 0 Å². The smallest absolute Gasteiger partial charge is 0.272 e. The van der Waals surface area contributed by atoms with Crippen LogP contribution in [0.3, 0.4) is 0 Å². The van der Waals surface area contributed by atoms with Gasteiger partial charge in [0.05, 0.1) is 17.2 Å². The molecule has 0 spiro atoms. The van der Waals surface area contributed by atoms with Gasteiger partial charge in [-0.25, -0.2) is 4.98 Å². The van der Waals surface area contributed by atoms with Crippen molar-refractivity contribution in [3.05, 3.63) is 97.2 Å². The number of fused-ring (bicyclic) bond motifs is 1. The summed E-state index contributed by atoms with van der Waals surface area (Å²) in [6.07, 6.45) is 7.40. The second-order valence-electron chi connectivity index (χ2n) is 9.15. The number of carbonyl (C=O) groups is 1. The quantitative estimate of drug-likeness (QED) is 0.389. The van der Waals surface area contributed by atoms with E-state index in [1.54, 1.807) is 10.6 Å². The van der Waals surface area contributed by atoms with Gasteiger partial charge in [-0.2, -0.15) is 0 Å². The van der Waals surface area contributed by atoms with E-state index in [1.165, 1.54) is 5.69 Å². The molecule has 0 bridgehead atoms. The molecule has 1 amide bonds. The third-order valence-electron chi connectivity index (χ3n) is 6.81. The van der Waals surface area contributed by atoms with Crippen molar-refractivity contribution in [3.8, 4) is 11.1 Å². The Labute approximate surface area is 215 Å². The number of rotatable bonds is 5. The summed E-state index contributed by atoms with van der Waals surface area (Å²) in [4.78, 5) is 30.9. The van der Waals surface area contributed by atoms with E-state index in [1.807, 2.05) is 68.2 Å². The van der Waals surface area contributed by atoms with Crippen LogP contribution in [-0.2, 0) is 7.05 Å². The monoisotopic (exact) mass is 489 g/mol. The molecular weight excluding hydrogens is 462 g/mol. The number of nitrogens with one attached hydrogen (secondary N) is 1. The molecule has 0 saturated carbocycles. The molecule has 2 aromatic carbocycles. The van der Waals surface area contributed by atoms with Gasteiger partial charge in [-0.1, -0.05) is 18.2 Å². The summed E-state index contributed by atoms with van der Waals surface area (Å²) in [6.45, 7) is 3.63. The zero-order chi connectivity index (χ0) is 25.2. The number of nitrogens with zero attached hydrogens (tertiary/aromatic N) is 6. The maximum atomic E-state index is 12.5. The number of hydrogen-bond acceptors (Lipinski definition) is 6. The van der Waals surface area contributed by atoms with E-state index in [4.69, 9.17) is 4.98 Å². The number of aryl methyl sites for hydroxylation is 1. The molecule has 1 saturated heterocycles. The van der Waals surface area contributed by atoms with Crippen LogP contribution >= 0.6 is 0 Å². The van der Waals surface area contributed by atoms with Crippen LogP contribution < -0.4 is 15.1 Å². The molecule has 0 unspecified atom stereocenters. The minimum atomic E-state index is -0.129. The van der Waals surface area contributed by atoms with Gasteiger partial charge in [0.2, 0.25) is 0 Å². The lowest BCUT2D eigenvalue weighted by atomic mass is 10.0. The van der Waals surface area contributed by atoms with Crippen LogP contribution in [-0.4, -0.2) is 51.6 Å². The number of aromatic nitrogens is 4. The molecule has 184 valence electrons. The van der Waals surface area contributed by atoms with Crippen molar-refractivity contribution < 1.29 is 4.79 Å². The first kappa shape index (κ1) is 22.7. The fourth-order valence-corrected chi connectivity index (χ4v) is 4.72. The Hall–Kier alpha value is -4.72. The molecule has 1 N–H and O–H groups in total. The first-order valence-electron chi connectivity index (χ1n) is 12.3. The Kier molecular flexibility index (Phi) is 5.98. The molecule has 6 rings (SSSR count). The second-order valence-corrected chi connectivity index (χ2v) is 9.15. The van der Waals surface area contributed by atoms with Crippen LogP contribution in [0.2, 0.25) is 0 Å². The fourth-order valence-electron chi connectivity index (χ4n) is 4.72. The molecule has 8 heteroatoms. The zero-order valence-electron chi connectivity index (χ0n) is 20.6. The Morgan fingerprint density at radius 1 is 0.838 bits per heavy atom. The molecule has 5 aromatic rings. The van der Waals surface area contributed by atoms with Crippen molar-refractivity contribution in [2.75, 3.05) is 41.3 Å². The van der Waals surface area contributed by atoms with Gasteiger partial charge >= 0.3 is 0 Å². The lowest BCUT2D eigenvalue weighted by Crippen LogP contribution is -2.46. The van der Waals surface area contributed by atoms with Gasteiger partial charge in [0.15, 0.2) is 0 Å². The number of piperazine rings is 1. The second kappa shape index (κ2) is 9.73. The van der Waals surface area contributed by atoms with Gasteiger partial charge in [-0.05, 0) is 59.7 Å². The van der Waals surface area contributed by atoms with Crippen molar-refractivity contribution >= 4 is 34.1 Å². The summed E-state index contributed by atoms with van der Waals surface area (Å²) in [5.74, 6) is 0.771. The summed E-state index contributed by atoms with van der Waals surface area (Å²) in [6, 6.07) is 21.8. The van der Waals surface area contributed by atoms with E-state index in [9.17, 15) is 4.79 Å². The molecule has 1 aliphatic heterocycles. The summed E-state index contributed by atoms with van der Waals surface area (Å²) in [7, 11) is 1.86. The van der Waals surface area contributed by atoms with Gasteiger partial charge in [0.1, 0.15) is 11.5 Å². The van der Waals surface area contributed by atoms with Crippen molar-refractivity contribution in [1.29, 1.82) is 0 Å². The highest BCUT2D eigenvalue weighted by Gasteiger charge is 2.19. The van der Waals surface area contributed by atoms with Crippen molar-refractivity contribution in [2.45, 2.75) is 0 Å². The molecule has 4 heterocycles. The molecule has 3 aromatic heterocycles. The molecular formula is C29H27N7O. The molecule has 1 fully saturated rings. The first-order chi connectivity index (χ1) is 18.1. The number of pyridine rings is 1. The molecule has 1 aliphatic rings. The topological polar surface area (TPSA) is 79.2 Å². The van der Waals surface area contributed by atoms with E-state index < -0.39 is 0 Å². The maximum Gasteiger partial charge on any atom is 0.272 e. The summed E-state index contributed by atoms with van der Waals surface area (Å²) in [5, 5.41) is 2.96. The van der Waals surface area contributed by atoms with Crippen LogP contribution in [0, 0.1) is 0 Å². The summed E-state index contributed by atoms with van der Waals surface area (Å²) in [5.41, 5.74) is 6.42.